The van der Waals surface area contributed by atoms with Gasteiger partial charge in [0.05, 0.1) is 28.0 Å². The van der Waals surface area contributed by atoms with Crippen LogP contribution >= 0.6 is 27.5 Å². The van der Waals surface area contributed by atoms with Gasteiger partial charge in [-0.15, -0.1) is 0 Å². The van der Waals surface area contributed by atoms with Crippen LogP contribution in [0.3, 0.4) is 0 Å². The van der Waals surface area contributed by atoms with Crippen molar-refractivity contribution < 1.29 is 19.1 Å². The quantitative estimate of drug-likeness (QED) is 0.225. The number of halogens is 2. The molecule has 0 saturated heterocycles. The van der Waals surface area contributed by atoms with Crippen LogP contribution in [0.1, 0.15) is 30.9 Å². The van der Waals surface area contributed by atoms with Crippen molar-refractivity contribution in [3.8, 4) is 11.5 Å². The zero-order valence-corrected chi connectivity index (χ0v) is 21.4. The summed E-state index contributed by atoms with van der Waals surface area (Å²) in [4.78, 5) is 24.1. The number of amides is 2. The fourth-order valence-electron chi connectivity index (χ4n) is 3.03. The molecule has 3 aromatic rings. The Kier molecular flexibility index (Phi) is 10.1. The van der Waals surface area contributed by atoms with E-state index in [4.69, 9.17) is 21.1 Å². The molecule has 0 bridgehead atoms. The van der Waals surface area contributed by atoms with Crippen molar-refractivity contribution in [1.29, 1.82) is 0 Å². The molecule has 35 heavy (non-hydrogen) atoms. The summed E-state index contributed by atoms with van der Waals surface area (Å²) in [6.07, 6.45) is 1.48. The van der Waals surface area contributed by atoms with Crippen LogP contribution in [0.5, 0.6) is 11.5 Å². The van der Waals surface area contributed by atoms with Gasteiger partial charge in [0.1, 0.15) is 6.61 Å². The Morgan fingerprint density at radius 2 is 1.71 bits per heavy atom. The van der Waals surface area contributed by atoms with Gasteiger partial charge in [-0.05, 0) is 58.2 Å². The Morgan fingerprint density at radius 1 is 1.00 bits per heavy atom. The van der Waals surface area contributed by atoms with Crippen molar-refractivity contribution >= 4 is 51.2 Å². The van der Waals surface area contributed by atoms with Gasteiger partial charge in [-0.25, -0.2) is 5.43 Å². The van der Waals surface area contributed by atoms with Crippen LogP contribution < -0.4 is 20.2 Å². The lowest BCUT2D eigenvalue weighted by molar-refractivity contribution is -0.124. The standard InChI is InChI=1S/C26H25BrClN3O4/c1-2-34-23-15-19(14-20(27)26(23)35-17-18-8-4-3-5-9-18)16-29-31-25(33)13-12-24(32)30-22-11-7-6-10-21(22)28/h3-11,14-16H,2,12-13,17H2,1H3,(H,30,32)(H,31,33). The number of ether oxygens (including phenoxy) is 2. The smallest absolute Gasteiger partial charge is 0.240 e. The van der Waals surface area contributed by atoms with Crippen LogP contribution in [0.2, 0.25) is 5.02 Å². The minimum absolute atomic E-state index is 0.0000624. The third-order valence-corrected chi connectivity index (χ3v) is 5.61. The molecule has 0 aliphatic heterocycles. The van der Waals surface area contributed by atoms with Crippen molar-refractivity contribution in [2.75, 3.05) is 11.9 Å². The monoisotopic (exact) mass is 557 g/mol. The molecule has 0 unspecified atom stereocenters. The van der Waals surface area contributed by atoms with E-state index < -0.39 is 0 Å². The first-order chi connectivity index (χ1) is 17.0. The molecule has 182 valence electrons. The molecule has 2 N–H and O–H groups in total. The first-order valence-electron chi connectivity index (χ1n) is 11.0. The number of para-hydroxylation sites is 1. The van der Waals surface area contributed by atoms with Crippen LogP contribution in [0.25, 0.3) is 0 Å². The summed E-state index contributed by atoms with van der Waals surface area (Å²) < 4.78 is 12.4. The summed E-state index contributed by atoms with van der Waals surface area (Å²) in [5.41, 5.74) is 4.67. The average Bonchev–Trinajstić information content (AvgIpc) is 2.84. The second-order valence-corrected chi connectivity index (χ2v) is 8.62. The number of benzene rings is 3. The summed E-state index contributed by atoms with van der Waals surface area (Å²) in [6.45, 7) is 2.74. The van der Waals surface area contributed by atoms with Gasteiger partial charge < -0.3 is 14.8 Å². The number of hydrazone groups is 1. The largest absolute Gasteiger partial charge is 0.490 e. The molecule has 0 radical (unpaired) electrons. The molecule has 0 aromatic heterocycles. The molecule has 0 spiro atoms. The molecule has 0 heterocycles. The van der Waals surface area contributed by atoms with E-state index in [1.54, 1.807) is 30.3 Å². The normalized spacial score (nSPS) is 10.7. The molecule has 0 fully saturated rings. The highest BCUT2D eigenvalue weighted by molar-refractivity contribution is 9.10. The van der Waals surface area contributed by atoms with E-state index in [1.807, 2.05) is 43.3 Å². The maximum absolute atomic E-state index is 12.1. The van der Waals surface area contributed by atoms with Gasteiger partial charge in [-0.3, -0.25) is 9.59 Å². The highest BCUT2D eigenvalue weighted by Gasteiger charge is 2.13. The molecule has 3 aromatic carbocycles. The van der Waals surface area contributed by atoms with Gasteiger partial charge in [0.25, 0.3) is 0 Å². The summed E-state index contributed by atoms with van der Waals surface area (Å²) >= 11 is 9.55. The van der Waals surface area contributed by atoms with Crippen LogP contribution in [0.4, 0.5) is 5.69 Å². The van der Waals surface area contributed by atoms with E-state index in [-0.39, 0.29) is 24.7 Å². The molecule has 0 aliphatic carbocycles. The molecular weight excluding hydrogens is 534 g/mol. The van der Waals surface area contributed by atoms with E-state index in [1.165, 1.54) is 6.21 Å². The van der Waals surface area contributed by atoms with Crippen molar-refractivity contribution in [3.05, 3.63) is 87.4 Å². The van der Waals surface area contributed by atoms with Crippen molar-refractivity contribution in [2.45, 2.75) is 26.4 Å². The topological polar surface area (TPSA) is 89.0 Å². The van der Waals surface area contributed by atoms with Crippen LogP contribution in [-0.4, -0.2) is 24.6 Å². The molecule has 0 atom stereocenters. The lowest BCUT2D eigenvalue weighted by atomic mass is 10.2. The van der Waals surface area contributed by atoms with E-state index >= 15 is 0 Å². The first kappa shape index (κ1) is 26.2. The lowest BCUT2D eigenvalue weighted by Crippen LogP contribution is -2.20. The SMILES string of the molecule is CCOc1cc(C=NNC(=O)CCC(=O)Nc2ccccc2Cl)cc(Br)c1OCc1ccccc1. The van der Waals surface area contributed by atoms with Gasteiger partial charge in [-0.1, -0.05) is 54.1 Å². The zero-order valence-electron chi connectivity index (χ0n) is 19.1. The third-order valence-electron chi connectivity index (χ3n) is 4.69. The fourth-order valence-corrected chi connectivity index (χ4v) is 3.79. The summed E-state index contributed by atoms with van der Waals surface area (Å²) in [7, 11) is 0. The maximum Gasteiger partial charge on any atom is 0.240 e. The Balaban J connectivity index is 1.54. The van der Waals surface area contributed by atoms with Crippen molar-refractivity contribution in [2.24, 2.45) is 5.10 Å². The van der Waals surface area contributed by atoms with Gasteiger partial charge in [0, 0.05) is 12.8 Å². The first-order valence-corrected chi connectivity index (χ1v) is 12.1. The third kappa shape index (κ3) is 8.42. The van der Waals surface area contributed by atoms with Gasteiger partial charge in [-0.2, -0.15) is 5.10 Å². The van der Waals surface area contributed by atoms with Crippen LogP contribution in [0.15, 0.2) is 76.3 Å². The second kappa shape index (κ2) is 13.5. The van der Waals surface area contributed by atoms with Crippen molar-refractivity contribution in [3.63, 3.8) is 0 Å². The van der Waals surface area contributed by atoms with Gasteiger partial charge in [0.15, 0.2) is 11.5 Å². The number of anilines is 1. The Bertz CT molecular complexity index is 1190. The molecule has 0 aliphatic rings. The summed E-state index contributed by atoms with van der Waals surface area (Å²) in [5, 5.41) is 7.10. The average molecular weight is 559 g/mol. The Labute approximate surface area is 217 Å². The number of hydrogen-bond acceptors (Lipinski definition) is 5. The molecule has 7 nitrogen and oxygen atoms in total. The molecule has 9 heteroatoms. The van der Waals surface area contributed by atoms with Crippen LogP contribution in [0, 0.1) is 0 Å². The number of rotatable bonds is 11. The van der Waals surface area contributed by atoms with Gasteiger partial charge in [0.2, 0.25) is 11.8 Å². The van der Waals surface area contributed by atoms with E-state index in [9.17, 15) is 9.59 Å². The van der Waals surface area contributed by atoms with E-state index in [0.29, 0.717) is 45.5 Å². The highest BCUT2D eigenvalue weighted by Crippen LogP contribution is 2.37. The zero-order chi connectivity index (χ0) is 25.0. The maximum atomic E-state index is 12.1. The summed E-state index contributed by atoms with van der Waals surface area (Å²) in [5.74, 6) is 0.444. The predicted octanol–water partition coefficient (Wildman–Crippen LogP) is 5.95. The predicted molar refractivity (Wildman–Crippen MR) is 141 cm³/mol. The number of carbonyl (C=O) groups is 2. The minimum atomic E-state index is -0.387. The van der Waals surface area contributed by atoms with Gasteiger partial charge >= 0.3 is 0 Å². The van der Waals surface area contributed by atoms with Crippen LogP contribution in [-0.2, 0) is 16.2 Å². The van der Waals surface area contributed by atoms with Crippen molar-refractivity contribution in [1.82, 2.24) is 5.43 Å². The Morgan fingerprint density at radius 3 is 2.46 bits per heavy atom. The number of carbonyl (C=O) groups excluding carboxylic acids is 2. The fraction of sp³-hybridized carbons (Fsp3) is 0.192. The molecule has 2 amide bonds. The minimum Gasteiger partial charge on any atom is -0.490 e. The molecule has 3 rings (SSSR count). The number of nitrogens with one attached hydrogen (secondary N) is 2. The van der Waals surface area contributed by atoms with E-state index in [2.05, 4.69) is 31.8 Å². The Hall–Kier alpha value is -3.36. The molecule has 0 saturated carbocycles. The van der Waals surface area contributed by atoms with E-state index in [0.717, 1.165) is 5.56 Å². The number of hydrogen-bond donors (Lipinski definition) is 2. The highest BCUT2D eigenvalue weighted by atomic mass is 79.9. The molecular formula is C26H25BrClN3O4. The number of nitrogens with zero attached hydrogens (tertiary/aromatic N) is 1. The second-order valence-electron chi connectivity index (χ2n) is 7.36. The summed E-state index contributed by atoms with van der Waals surface area (Å²) in [6, 6.07) is 20.3. The lowest BCUT2D eigenvalue weighted by Gasteiger charge is -2.14.